The molecule has 0 amide bonds. The molecule has 0 aromatic heterocycles. The molecule has 2 aliphatic rings. The van der Waals surface area contributed by atoms with E-state index in [1.807, 2.05) is 12.1 Å². The van der Waals surface area contributed by atoms with E-state index in [0.29, 0.717) is 5.75 Å². The summed E-state index contributed by atoms with van der Waals surface area (Å²) >= 11 is 0. The van der Waals surface area contributed by atoms with Gasteiger partial charge in [0.1, 0.15) is 5.75 Å². The van der Waals surface area contributed by atoms with Crippen LogP contribution in [-0.2, 0) is 6.42 Å². The number of rotatable bonds is 10. The van der Waals surface area contributed by atoms with E-state index >= 15 is 0 Å². The topological polar surface area (TPSA) is 9.23 Å². The zero-order valence-corrected chi connectivity index (χ0v) is 19.3. The molecular weight excluding hydrogens is 397 g/mol. The fourth-order valence-corrected chi connectivity index (χ4v) is 5.87. The van der Waals surface area contributed by atoms with Crippen LogP contribution in [0.3, 0.4) is 0 Å². The molecule has 0 atom stereocenters. The Morgan fingerprint density at radius 2 is 1.32 bits per heavy atom. The van der Waals surface area contributed by atoms with E-state index in [9.17, 15) is 13.2 Å². The molecule has 0 N–H and O–H groups in total. The lowest BCUT2D eigenvalue weighted by Gasteiger charge is -2.38. The fourth-order valence-electron chi connectivity index (χ4n) is 5.87. The van der Waals surface area contributed by atoms with Crippen molar-refractivity contribution in [2.24, 2.45) is 23.7 Å². The second kappa shape index (κ2) is 12.2. The van der Waals surface area contributed by atoms with Crippen LogP contribution in [-0.4, -0.2) is 12.8 Å². The number of hydrogen-bond acceptors (Lipinski definition) is 1. The first-order valence-corrected chi connectivity index (χ1v) is 12.7. The molecule has 2 aliphatic carbocycles. The van der Waals surface area contributed by atoms with Crippen LogP contribution in [0.15, 0.2) is 24.3 Å². The van der Waals surface area contributed by atoms with Gasteiger partial charge in [0.05, 0.1) is 0 Å². The molecule has 1 aromatic carbocycles. The maximum Gasteiger partial charge on any atom is 0.422 e. The van der Waals surface area contributed by atoms with Gasteiger partial charge in [-0.3, -0.25) is 0 Å². The molecule has 3 rings (SSSR count). The highest BCUT2D eigenvalue weighted by Gasteiger charge is 2.31. The van der Waals surface area contributed by atoms with Crippen LogP contribution < -0.4 is 4.74 Å². The minimum atomic E-state index is -4.29. The number of alkyl halides is 3. The van der Waals surface area contributed by atoms with Crippen LogP contribution >= 0.6 is 0 Å². The first-order valence-electron chi connectivity index (χ1n) is 12.7. The van der Waals surface area contributed by atoms with Crippen molar-refractivity contribution >= 4 is 0 Å². The lowest BCUT2D eigenvalue weighted by molar-refractivity contribution is -0.153. The Morgan fingerprint density at radius 3 is 1.84 bits per heavy atom. The summed E-state index contributed by atoms with van der Waals surface area (Å²) in [6.45, 7) is 1.07. The molecule has 0 saturated heterocycles. The number of aryl methyl sites for hydroxylation is 1. The third kappa shape index (κ3) is 8.69. The predicted molar refractivity (Wildman–Crippen MR) is 121 cm³/mol. The third-order valence-corrected chi connectivity index (χ3v) is 7.83. The van der Waals surface area contributed by atoms with Gasteiger partial charge in [-0.1, -0.05) is 70.4 Å². The highest BCUT2D eigenvalue weighted by Crippen LogP contribution is 2.43. The van der Waals surface area contributed by atoms with Crippen LogP contribution in [0.25, 0.3) is 0 Å². The zero-order chi connectivity index (χ0) is 22.1. The van der Waals surface area contributed by atoms with E-state index in [-0.39, 0.29) is 0 Å². The lowest BCUT2D eigenvalue weighted by Crippen LogP contribution is -2.26. The minimum Gasteiger partial charge on any atom is -0.484 e. The van der Waals surface area contributed by atoms with Crippen LogP contribution in [0.2, 0.25) is 0 Å². The fraction of sp³-hybridized carbons (Fsp3) is 0.778. The van der Waals surface area contributed by atoms with Gasteiger partial charge in [-0.2, -0.15) is 13.2 Å². The second-order valence-corrected chi connectivity index (χ2v) is 10.1. The van der Waals surface area contributed by atoms with Gasteiger partial charge in [-0.15, -0.1) is 0 Å². The molecule has 2 saturated carbocycles. The molecule has 1 aromatic rings. The van der Waals surface area contributed by atoms with Gasteiger partial charge < -0.3 is 4.74 Å². The van der Waals surface area contributed by atoms with E-state index in [4.69, 9.17) is 4.74 Å². The Kier molecular flexibility index (Phi) is 9.59. The molecule has 0 aliphatic heterocycles. The SMILES string of the molecule is CCCCCC1CCC(C2CCC(CCc3ccc(OCC(F)(F)F)cc3)CC2)CC1. The third-order valence-electron chi connectivity index (χ3n) is 7.83. The first kappa shape index (κ1) is 24.5. The smallest absolute Gasteiger partial charge is 0.422 e. The Hall–Kier alpha value is -1.19. The molecule has 0 radical (unpaired) electrons. The summed E-state index contributed by atoms with van der Waals surface area (Å²) in [5.74, 6) is 4.04. The lowest BCUT2D eigenvalue weighted by atomic mass is 9.68. The summed E-state index contributed by atoms with van der Waals surface area (Å²) < 4.78 is 41.5. The zero-order valence-electron chi connectivity index (χ0n) is 19.3. The maximum absolute atomic E-state index is 12.2. The van der Waals surface area contributed by atoms with Crippen molar-refractivity contribution in [1.82, 2.24) is 0 Å². The van der Waals surface area contributed by atoms with Crippen molar-refractivity contribution in [1.29, 1.82) is 0 Å². The molecular formula is C27H41F3O. The van der Waals surface area contributed by atoms with Crippen molar-refractivity contribution in [2.75, 3.05) is 6.61 Å². The molecule has 31 heavy (non-hydrogen) atoms. The van der Waals surface area contributed by atoms with Gasteiger partial charge in [-0.25, -0.2) is 0 Å². The molecule has 176 valence electrons. The summed E-state index contributed by atoms with van der Waals surface area (Å²) in [6, 6.07) is 7.15. The number of ether oxygens (including phenoxy) is 1. The number of halogens is 3. The minimum absolute atomic E-state index is 0.293. The van der Waals surface area contributed by atoms with Gasteiger partial charge in [0.2, 0.25) is 0 Å². The Morgan fingerprint density at radius 1 is 0.774 bits per heavy atom. The van der Waals surface area contributed by atoms with Crippen LogP contribution in [0.4, 0.5) is 13.2 Å². The summed E-state index contributed by atoms with van der Waals surface area (Å²) in [5, 5.41) is 0. The van der Waals surface area contributed by atoms with Gasteiger partial charge in [0.25, 0.3) is 0 Å². The molecule has 0 unspecified atom stereocenters. The highest BCUT2D eigenvalue weighted by atomic mass is 19.4. The van der Waals surface area contributed by atoms with Crippen molar-refractivity contribution in [3.05, 3.63) is 29.8 Å². The standard InChI is InChI=1S/C27H41F3O/c1-2-3-4-5-21-8-14-24(15-9-21)25-16-10-22(11-17-25)6-7-23-12-18-26(19-13-23)31-20-27(28,29)30/h12-13,18-19,21-22,24-25H,2-11,14-17,20H2,1H3. The van der Waals surface area contributed by atoms with Crippen LogP contribution in [0.1, 0.15) is 96.0 Å². The summed E-state index contributed by atoms with van der Waals surface area (Å²) in [4.78, 5) is 0. The van der Waals surface area contributed by atoms with E-state index in [0.717, 1.165) is 30.1 Å². The van der Waals surface area contributed by atoms with E-state index in [1.54, 1.807) is 12.1 Å². The quantitative estimate of drug-likeness (QED) is 0.332. The van der Waals surface area contributed by atoms with Gasteiger partial charge >= 0.3 is 6.18 Å². The van der Waals surface area contributed by atoms with Crippen molar-refractivity contribution in [3.8, 4) is 5.75 Å². The molecule has 2 fully saturated rings. The van der Waals surface area contributed by atoms with Crippen molar-refractivity contribution in [2.45, 2.75) is 103 Å². The van der Waals surface area contributed by atoms with Gasteiger partial charge in [0.15, 0.2) is 6.61 Å². The van der Waals surface area contributed by atoms with Gasteiger partial charge in [0, 0.05) is 0 Å². The molecule has 0 heterocycles. The first-order chi connectivity index (χ1) is 14.9. The largest absolute Gasteiger partial charge is 0.484 e. The molecule has 0 bridgehead atoms. The van der Waals surface area contributed by atoms with Crippen LogP contribution in [0.5, 0.6) is 5.75 Å². The predicted octanol–water partition coefficient (Wildman–Crippen LogP) is 8.75. The summed E-state index contributed by atoms with van der Waals surface area (Å²) in [5.41, 5.74) is 1.20. The summed E-state index contributed by atoms with van der Waals surface area (Å²) in [7, 11) is 0. The van der Waals surface area contributed by atoms with Crippen LogP contribution in [0, 0.1) is 23.7 Å². The molecule has 1 nitrogen and oxygen atoms in total. The Labute approximate surface area is 187 Å². The molecule has 0 spiro atoms. The number of hydrogen-bond donors (Lipinski definition) is 0. The van der Waals surface area contributed by atoms with Crippen molar-refractivity contribution < 1.29 is 17.9 Å². The average molecular weight is 439 g/mol. The number of benzene rings is 1. The average Bonchev–Trinajstić information content (AvgIpc) is 2.77. The number of unbranched alkanes of at least 4 members (excludes halogenated alkanes) is 2. The Balaban J connectivity index is 1.31. The molecule has 4 heteroatoms. The highest BCUT2D eigenvalue weighted by molar-refractivity contribution is 5.27. The summed E-state index contributed by atoms with van der Waals surface area (Å²) in [6.07, 6.45) is 14.9. The van der Waals surface area contributed by atoms with E-state index in [1.165, 1.54) is 89.0 Å². The van der Waals surface area contributed by atoms with E-state index in [2.05, 4.69) is 6.92 Å². The monoisotopic (exact) mass is 438 g/mol. The van der Waals surface area contributed by atoms with Gasteiger partial charge in [-0.05, 0) is 79.9 Å². The normalized spacial score (nSPS) is 27.2. The maximum atomic E-state index is 12.2. The Bertz CT molecular complexity index is 608. The second-order valence-electron chi connectivity index (χ2n) is 10.1. The van der Waals surface area contributed by atoms with Crippen molar-refractivity contribution in [3.63, 3.8) is 0 Å². The van der Waals surface area contributed by atoms with E-state index < -0.39 is 12.8 Å².